The molecule has 2 aromatic carbocycles. The van der Waals surface area contributed by atoms with Gasteiger partial charge in [0.25, 0.3) is 0 Å². The number of hydrogen-bond donors (Lipinski definition) is 0. The number of para-hydroxylation sites is 1. The minimum atomic E-state index is -1.62. The summed E-state index contributed by atoms with van der Waals surface area (Å²) in [5.74, 6) is -3.32. The molecule has 5 atom stereocenters. The smallest absolute Gasteiger partial charge is 0.303 e. The molecule has 0 bridgehead atoms. The third kappa shape index (κ3) is 7.15. The number of hydrogen-bond acceptors (Lipinski definition) is 12. The highest BCUT2D eigenvalue weighted by Crippen LogP contribution is 2.36. The quantitative estimate of drug-likeness (QED) is 0.259. The van der Waals surface area contributed by atoms with Crippen molar-refractivity contribution in [3.05, 3.63) is 63.2 Å². The Morgan fingerprint density at radius 2 is 1.38 bits per heavy atom. The fourth-order valence-corrected chi connectivity index (χ4v) is 4.69. The number of carbonyl (C=O) groups excluding carboxylic acids is 4. The van der Waals surface area contributed by atoms with Gasteiger partial charge in [0, 0.05) is 37.7 Å². The highest BCUT2D eigenvalue weighted by Gasteiger charge is 2.53. The van der Waals surface area contributed by atoms with Gasteiger partial charge in [-0.05, 0) is 36.4 Å². The summed E-state index contributed by atoms with van der Waals surface area (Å²) in [5, 5.41) is 0.194. The monoisotopic (exact) mass is 646 g/mol. The maximum atomic E-state index is 13.8. The average molecular weight is 647 g/mol. The van der Waals surface area contributed by atoms with Gasteiger partial charge in [-0.2, -0.15) is 0 Å². The van der Waals surface area contributed by atoms with Gasteiger partial charge < -0.3 is 32.8 Å². The van der Waals surface area contributed by atoms with E-state index in [1.807, 2.05) is 0 Å². The van der Waals surface area contributed by atoms with Crippen molar-refractivity contribution in [2.75, 3.05) is 6.61 Å². The molecule has 4 rings (SSSR count). The van der Waals surface area contributed by atoms with Gasteiger partial charge in [0.15, 0.2) is 18.0 Å². The molecule has 0 saturated carbocycles. The van der Waals surface area contributed by atoms with E-state index >= 15 is 0 Å². The zero-order valence-electron chi connectivity index (χ0n) is 23.0. The Morgan fingerprint density at radius 1 is 0.786 bits per heavy atom. The fraction of sp³-hybridized carbons (Fsp3) is 0.345. The van der Waals surface area contributed by atoms with Crippen LogP contribution in [0.25, 0.3) is 22.3 Å². The third-order valence-electron chi connectivity index (χ3n) is 6.04. The van der Waals surface area contributed by atoms with Crippen molar-refractivity contribution < 1.29 is 52.0 Å². The van der Waals surface area contributed by atoms with Crippen LogP contribution >= 0.6 is 15.9 Å². The fourth-order valence-electron chi connectivity index (χ4n) is 4.42. The number of rotatable bonds is 8. The van der Waals surface area contributed by atoms with Gasteiger partial charge >= 0.3 is 23.9 Å². The largest absolute Gasteiger partial charge is 0.463 e. The van der Waals surface area contributed by atoms with Gasteiger partial charge in [0.2, 0.25) is 23.6 Å². The molecule has 42 heavy (non-hydrogen) atoms. The van der Waals surface area contributed by atoms with Crippen molar-refractivity contribution in [2.24, 2.45) is 0 Å². The van der Waals surface area contributed by atoms with Crippen LogP contribution in [0.4, 0.5) is 0 Å². The van der Waals surface area contributed by atoms with Crippen LogP contribution in [-0.4, -0.2) is 61.2 Å². The van der Waals surface area contributed by atoms with Crippen molar-refractivity contribution >= 4 is 50.8 Å². The number of esters is 4. The van der Waals surface area contributed by atoms with Gasteiger partial charge in [-0.25, -0.2) is 0 Å². The first-order valence-electron chi connectivity index (χ1n) is 12.7. The molecule has 0 amide bonds. The first kappa shape index (κ1) is 30.7. The Hall–Kier alpha value is -4.23. The second-order valence-electron chi connectivity index (χ2n) is 9.28. The van der Waals surface area contributed by atoms with Crippen LogP contribution in [0.5, 0.6) is 5.75 Å². The maximum absolute atomic E-state index is 13.8. The van der Waals surface area contributed by atoms with E-state index in [-0.39, 0.29) is 22.5 Å². The maximum Gasteiger partial charge on any atom is 0.303 e. The molecule has 0 radical (unpaired) electrons. The molecule has 0 aliphatic carbocycles. The summed E-state index contributed by atoms with van der Waals surface area (Å²) in [6.07, 6.45) is -7.27. The van der Waals surface area contributed by atoms with Gasteiger partial charge in [0.05, 0.1) is 5.39 Å². The van der Waals surface area contributed by atoms with Crippen LogP contribution < -0.4 is 10.2 Å². The number of halogens is 1. The molecule has 222 valence electrons. The molecule has 2 heterocycles. The predicted molar refractivity (Wildman–Crippen MR) is 148 cm³/mol. The lowest BCUT2D eigenvalue weighted by atomic mass is 9.98. The average Bonchev–Trinajstić information content (AvgIpc) is 2.92. The van der Waals surface area contributed by atoms with Crippen molar-refractivity contribution in [1.29, 1.82) is 0 Å². The standard InChI is InChI=1S/C29H27BrO12/c1-14(31)36-13-22-25(37-15(2)32)27(38-16(3)33)28(39-17(4)34)29(41-22)42-26-23(35)20-7-5-6-8-21(20)40-24(26)18-9-11-19(30)12-10-18/h5-12,22,25,27-29H,13H2,1-4H3/t22-,25-,27+,28-,29+/m1/s1. The molecule has 12 nitrogen and oxygen atoms in total. The van der Waals surface area contributed by atoms with E-state index in [4.69, 9.17) is 32.8 Å². The van der Waals surface area contributed by atoms with E-state index in [0.29, 0.717) is 5.56 Å². The number of carbonyl (C=O) groups is 4. The zero-order valence-corrected chi connectivity index (χ0v) is 24.6. The van der Waals surface area contributed by atoms with E-state index < -0.39 is 66.6 Å². The summed E-state index contributed by atoms with van der Waals surface area (Å²) < 4.78 is 40.4. The predicted octanol–water partition coefficient (Wildman–Crippen LogP) is 3.68. The Bertz CT molecular complexity index is 1550. The normalized spacial score (nSPS) is 21.7. The van der Waals surface area contributed by atoms with Gasteiger partial charge in [-0.1, -0.05) is 28.1 Å². The Labute approximate surface area is 247 Å². The second kappa shape index (κ2) is 13.2. The zero-order chi connectivity index (χ0) is 30.6. The Balaban J connectivity index is 1.87. The lowest BCUT2D eigenvalue weighted by Gasteiger charge is -2.43. The second-order valence-corrected chi connectivity index (χ2v) is 10.2. The molecular weight excluding hydrogens is 620 g/mol. The number of ether oxygens (including phenoxy) is 6. The van der Waals surface area contributed by atoms with Crippen LogP contribution in [0.3, 0.4) is 0 Å². The lowest BCUT2D eigenvalue weighted by molar-refractivity contribution is -0.288. The molecule has 3 aromatic rings. The lowest BCUT2D eigenvalue weighted by Crippen LogP contribution is -2.63. The van der Waals surface area contributed by atoms with Crippen LogP contribution in [0.1, 0.15) is 27.7 Å². The van der Waals surface area contributed by atoms with Crippen LogP contribution in [0, 0.1) is 0 Å². The summed E-state index contributed by atoms with van der Waals surface area (Å²) in [6, 6.07) is 13.4. The molecule has 13 heteroatoms. The van der Waals surface area contributed by atoms with E-state index in [9.17, 15) is 24.0 Å². The minimum absolute atomic E-state index is 0.0408. The van der Waals surface area contributed by atoms with Gasteiger partial charge in [-0.15, -0.1) is 0 Å². The summed E-state index contributed by atoms with van der Waals surface area (Å²) in [7, 11) is 0. The molecule has 1 aliphatic heterocycles. The summed E-state index contributed by atoms with van der Waals surface area (Å²) in [5.41, 5.74) is 0.193. The first-order chi connectivity index (χ1) is 19.9. The SMILES string of the molecule is CC(=O)OC[C@H]1O[C@@H](Oc2c(-c3ccc(Br)cc3)oc3ccccc3c2=O)[C@H](OC(C)=O)[C@@H](OC(C)=O)[C@@H]1OC(C)=O. The summed E-state index contributed by atoms with van der Waals surface area (Å²) in [6.45, 7) is 4.02. The number of benzene rings is 2. The molecule has 1 fully saturated rings. The third-order valence-corrected chi connectivity index (χ3v) is 6.57. The van der Waals surface area contributed by atoms with Crippen LogP contribution in [-0.2, 0) is 42.9 Å². The molecule has 0 N–H and O–H groups in total. The van der Waals surface area contributed by atoms with Crippen LogP contribution in [0.2, 0.25) is 0 Å². The van der Waals surface area contributed by atoms with Gasteiger partial charge in [0.1, 0.15) is 18.3 Å². The highest BCUT2D eigenvalue weighted by molar-refractivity contribution is 9.10. The molecule has 0 spiro atoms. The van der Waals surface area contributed by atoms with Crippen molar-refractivity contribution in [3.8, 4) is 17.1 Å². The van der Waals surface area contributed by atoms with E-state index in [2.05, 4.69) is 15.9 Å². The summed E-state index contributed by atoms with van der Waals surface area (Å²) in [4.78, 5) is 61.7. The summed E-state index contributed by atoms with van der Waals surface area (Å²) >= 11 is 3.38. The molecular formula is C29H27BrO12. The highest BCUT2D eigenvalue weighted by atomic mass is 79.9. The Kier molecular flexibility index (Phi) is 9.63. The Morgan fingerprint density at radius 3 is 2.00 bits per heavy atom. The van der Waals surface area contributed by atoms with Crippen LogP contribution in [0.15, 0.2) is 62.2 Å². The first-order valence-corrected chi connectivity index (χ1v) is 13.5. The van der Waals surface area contributed by atoms with Gasteiger partial charge in [-0.3, -0.25) is 24.0 Å². The van der Waals surface area contributed by atoms with Crippen molar-refractivity contribution in [2.45, 2.75) is 58.4 Å². The molecule has 1 aliphatic rings. The topological polar surface area (TPSA) is 154 Å². The van der Waals surface area contributed by atoms with E-state index in [1.165, 1.54) is 0 Å². The van der Waals surface area contributed by atoms with E-state index in [0.717, 1.165) is 32.2 Å². The minimum Gasteiger partial charge on any atom is -0.463 e. The molecule has 0 unspecified atom stereocenters. The number of fused-ring (bicyclic) bond motifs is 1. The van der Waals surface area contributed by atoms with Crippen molar-refractivity contribution in [1.82, 2.24) is 0 Å². The van der Waals surface area contributed by atoms with E-state index in [1.54, 1.807) is 48.5 Å². The van der Waals surface area contributed by atoms with Crippen molar-refractivity contribution in [3.63, 3.8) is 0 Å². The molecule has 1 aromatic heterocycles. The molecule has 1 saturated heterocycles.